The van der Waals surface area contributed by atoms with Crippen LogP contribution >= 0.6 is 11.6 Å². The van der Waals surface area contributed by atoms with Crippen LogP contribution in [0.25, 0.3) is 11.1 Å². The molecule has 43 heavy (non-hydrogen) atoms. The molecule has 0 unspecified atom stereocenters. The van der Waals surface area contributed by atoms with Crippen LogP contribution in [-0.2, 0) is 19.6 Å². The van der Waals surface area contributed by atoms with E-state index in [0.29, 0.717) is 51.3 Å². The number of halogens is 3. The molecule has 0 aromatic heterocycles. The quantitative estimate of drug-likeness (QED) is 0.265. The first-order valence-corrected chi connectivity index (χ1v) is 15.5. The van der Waals surface area contributed by atoms with E-state index >= 15 is 4.39 Å². The van der Waals surface area contributed by atoms with E-state index in [0.717, 1.165) is 12.1 Å². The standard InChI is InChI=1S/C30H25ClF2N2O7S/c31-21-13-20(29(38)34-11-4-12-34)25(36)27(26(21)42-30(39)18-9-10-18)43(40,41)35(28(37)17-7-8-17)24-14-19(22(32)15-23(24)33)16-5-2-1-3-6-16/h1-3,5-6,13-15,17-18,36H,4,7-12H2. The summed E-state index contributed by atoms with van der Waals surface area (Å²) < 4.78 is 65.0. The van der Waals surface area contributed by atoms with Crippen molar-refractivity contribution in [2.75, 3.05) is 17.4 Å². The highest BCUT2D eigenvalue weighted by molar-refractivity contribution is 7.93. The van der Waals surface area contributed by atoms with Crippen molar-refractivity contribution in [3.05, 3.63) is 70.8 Å². The molecule has 1 heterocycles. The van der Waals surface area contributed by atoms with E-state index in [1.54, 1.807) is 18.2 Å². The van der Waals surface area contributed by atoms with Gasteiger partial charge in [0.15, 0.2) is 22.2 Å². The summed E-state index contributed by atoms with van der Waals surface area (Å²) in [6.45, 7) is 0.706. The maximum absolute atomic E-state index is 15.5. The average molecular weight is 631 g/mol. The lowest BCUT2D eigenvalue weighted by atomic mass is 10.0. The van der Waals surface area contributed by atoms with Crippen LogP contribution in [0.2, 0.25) is 5.02 Å². The smallest absolute Gasteiger partial charge is 0.314 e. The lowest BCUT2D eigenvalue weighted by Gasteiger charge is -2.31. The summed E-state index contributed by atoms with van der Waals surface area (Å²) in [5.74, 6) is -8.21. The Kier molecular flexibility index (Phi) is 7.37. The number of amides is 2. The highest BCUT2D eigenvalue weighted by Crippen LogP contribution is 2.47. The van der Waals surface area contributed by atoms with E-state index in [1.165, 1.54) is 17.0 Å². The number of hydrogen-bond donors (Lipinski definition) is 1. The van der Waals surface area contributed by atoms with Crippen molar-refractivity contribution >= 4 is 45.1 Å². The number of sulfonamides is 1. The molecule has 0 atom stereocenters. The topological polar surface area (TPSA) is 121 Å². The Bertz CT molecular complexity index is 1770. The Balaban J connectivity index is 1.57. The number of phenols is 1. The molecule has 1 saturated heterocycles. The largest absolute Gasteiger partial charge is 0.506 e. The van der Waals surface area contributed by atoms with Crippen LogP contribution in [-0.4, -0.2) is 49.3 Å². The second-order valence-corrected chi connectivity index (χ2v) is 12.9. The third-order valence-corrected chi connectivity index (χ3v) is 9.65. The van der Waals surface area contributed by atoms with Gasteiger partial charge in [0, 0.05) is 30.6 Å². The van der Waals surface area contributed by atoms with E-state index in [1.807, 2.05) is 0 Å². The molecule has 0 spiro atoms. The molecular formula is C30H25ClF2N2O7S. The zero-order valence-corrected chi connectivity index (χ0v) is 24.1. The van der Waals surface area contributed by atoms with E-state index in [4.69, 9.17) is 16.3 Å². The number of carbonyl (C=O) groups excluding carboxylic acids is 3. The van der Waals surface area contributed by atoms with Gasteiger partial charge in [-0.3, -0.25) is 14.4 Å². The predicted octanol–water partition coefficient (Wildman–Crippen LogP) is 5.28. The van der Waals surface area contributed by atoms with Gasteiger partial charge in [0.25, 0.3) is 15.9 Å². The molecular weight excluding hydrogens is 606 g/mol. The number of anilines is 1. The van der Waals surface area contributed by atoms with E-state index in [2.05, 4.69) is 0 Å². The van der Waals surface area contributed by atoms with Crippen LogP contribution in [0.3, 0.4) is 0 Å². The van der Waals surface area contributed by atoms with Gasteiger partial charge in [-0.1, -0.05) is 41.9 Å². The number of aromatic hydroxyl groups is 1. The summed E-state index contributed by atoms with van der Waals surface area (Å²) in [6, 6.07) is 10.3. The van der Waals surface area contributed by atoms with Crippen LogP contribution in [0.5, 0.6) is 11.5 Å². The Morgan fingerprint density at radius 3 is 2.19 bits per heavy atom. The van der Waals surface area contributed by atoms with Crippen molar-refractivity contribution in [1.82, 2.24) is 4.90 Å². The van der Waals surface area contributed by atoms with Gasteiger partial charge < -0.3 is 14.7 Å². The highest BCUT2D eigenvalue weighted by Gasteiger charge is 2.46. The first-order valence-electron chi connectivity index (χ1n) is 13.7. The zero-order valence-electron chi connectivity index (χ0n) is 22.6. The molecule has 3 aromatic carbocycles. The molecule has 9 nitrogen and oxygen atoms in total. The third-order valence-electron chi connectivity index (χ3n) is 7.62. The molecule has 3 fully saturated rings. The average Bonchev–Trinajstić information content (AvgIpc) is 3.84. The second kappa shape index (κ2) is 10.9. The Morgan fingerprint density at radius 2 is 1.60 bits per heavy atom. The summed E-state index contributed by atoms with van der Waals surface area (Å²) in [7, 11) is -5.36. The molecule has 2 amide bonds. The van der Waals surface area contributed by atoms with Crippen molar-refractivity contribution < 1.29 is 41.4 Å². The van der Waals surface area contributed by atoms with Crippen LogP contribution in [0.15, 0.2) is 53.4 Å². The fraction of sp³-hybridized carbons (Fsp3) is 0.300. The minimum Gasteiger partial charge on any atom is -0.506 e. The van der Waals surface area contributed by atoms with E-state index < -0.39 is 83.9 Å². The van der Waals surface area contributed by atoms with Gasteiger partial charge in [0.1, 0.15) is 5.82 Å². The Hall–Kier alpha value is -4.03. The molecule has 1 N–H and O–H groups in total. The Labute approximate surface area is 250 Å². The number of ether oxygens (including phenoxy) is 1. The van der Waals surface area contributed by atoms with Crippen molar-refractivity contribution in [2.45, 2.75) is 37.0 Å². The molecule has 224 valence electrons. The van der Waals surface area contributed by atoms with Gasteiger partial charge >= 0.3 is 5.97 Å². The summed E-state index contributed by atoms with van der Waals surface area (Å²) in [5, 5.41) is 10.9. The number of rotatable bonds is 8. The number of nitrogens with zero attached hydrogens (tertiary/aromatic N) is 2. The number of likely N-dealkylation sites (tertiary alicyclic amines) is 1. The van der Waals surface area contributed by atoms with Crippen molar-refractivity contribution in [2.24, 2.45) is 11.8 Å². The van der Waals surface area contributed by atoms with Gasteiger partial charge in [-0.2, -0.15) is 4.31 Å². The fourth-order valence-corrected chi connectivity index (χ4v) is 6.78. The molecule has 3 aliphatic rings. The molecule has 0 bridgehead atoms. The monoisotopic (exact) mass is 630 g/mol. The molecule has 13 heteroatoms. The SMILES string of the molecule is O=C(Oc1c(Cl)cc(C(=O)N2CCC2)c(O)c1S(=O)(=O)N(C(=O)C1CC1)c1cc(-c2ccccc2)c(F)cc1F)C1CC1. The number of esters is 1. The first-order chi connectivity index (χ1) is 20.5. The van der Waals surface area contributed by atoms with Gasteiger partial charge in [0.2, 0.25) is 5.91 Å². The number of hydrogen-bond acceptors (Lipinski definition) is 7. The first kappa shape index (κ1) is 29.1. The minimum atomic E-state index is -5.36. The fourth-order valence-electron chi connectivity index (χ4n) is 4.78. The minimum absolute atomic E-state index is 0.142. The molecule has 6 rings (SSSR count). The maximum atomic E-state index is 15.5. The normalized spacial score (nSPS) is 16.4. The van der Waals surface area contributed by atoms with Crippen molar-refractivity contribution in [3.63, 3.8) is 0 Å². The Morgan fingerprint density at radius 1 is 0.953 bits per heavy atom. The summed E-state index contributed by atoms with van der Waals surface area (Å²) in [5.41, 5.74) is -1.22. The van der Waals surface area contributed by atoms with Crippen molar-refractivity contribution in [3.8, 4) is 22.6 Å². The molecule has 2 saturated carbocycles. The van der Waals surface area contributed by atoms with Gasteiger partial charge in [-0.15, -0.1) is 0 Å². The second-order valence-electron chi connectivity index (χ2n) is 10.8. The van der Waals surface area contributed by atoms with Crippen LogP contribution in [0.1, 0.15) is 42.5 Å². The van der Waals surface area contributed by atoms with Gasteiger partial charge in [-0.25, -0.2) is 17.2 Å². The van der Waals surface area contributed by atoms with Crippen LogP contribution in [0.4, 0.5) is 14.5 Å². The molecule has 0 radical (unpaired) electrons. The number of benzene rings is 3. The summed E-state index contributed by atoms with van der Waals surface area (Å²) >= 11 is 6.40. The van der Waals surface area contributed by atoms with Gasteiger partial charge in [0.05, 0.1) is 22.2 Å². The molecule has 1 aliphatic heterocycles. The molecule has 2 aliphatic carbocycles. The van der Waals surface area contributed by atoms with E-state index in [-0.39, 0.29) is 15.4 Å². The third kappa shape index (κ3) is 5.33. The summed E-state index contributed by atoms with van der Waals surface area (Å²) in [6.07, 6.45) is 2.29. The van der Waals surface area contributed by atoms with Gasteiger partial charge in [-0.05, 0) is 49.8 Å². The number of phenolic OH excluding ortho intramolecular Hbond substituents is 1. The molecule has 3 aromatic rings. The highest BCUT2D eigenvalue weighted by atomic mass is 35.5. The zero-order chi connectivity index (χ0) is 30.6. The van der Waals surface area contributed by atoms with Crippen LogP contribution < -0.4 is 9.04 Å². The maximum Gasteiger partial charge on any atom is 0.314 e. The van der Waals surface area contributed by atoms with E-state index in [9.17, 15) is 32.3 Å². The van der Waals surface area contributed by atoms with Crippen molar-refractivity contribution in [1.29, 1.82) is 0 Å². The lowest BCUT2D eigenvalue weighted by Crippen LogP contribution is -2.42. The summed E-state index contributed by atoms with van der Waals surface area (Å²) in [4.78, 5) is 39.6. The number of carbonyl (C=O) groups is 3. The lowest BCUT2D eigenvalue weighted by molar-refractivity contribution is -0.136. The van der Waals surface area contributed by atoms with Crippen LogP contribution in [0, 0.1) is 23.5 Å². The predicted molar refractivity (Wildman–Crippen MR) is 151 cm³/mol.